The molecule has 10 heavy (non-hydrogen) atoms. The lowest BCUT2D eigenvalue weighted by atomic mass is 10.1. The SMILES string of the molecule is Cc1cccc(C[C]=S)c1. The summed E-state index contributed by atoms with van der Waals surface area (Å²) in [5, 5.41) is 2.69. The Morgan fingerprint density at radius 3 is 2.90 bits per heavy atom. The van der Waals surface area contributed by atoms with Crippen LogP contribution in [0.15, 0.2) is 24.3 Å². The van der Waals surface area contributed by atoms with Crippen molar-refractivity contribution in [2.45, 2.75) is 13.3 Å². The van der Waals surface area contributed by atoms with E-state index in [1.807, 2.05) is 6.07 Å². The first-order chi connectivity index (χ1) is 4.83. The van der Waals surface area contributed by atoms with E-state index in [1.165, 1.54) is 11.1 Å². The van der Waals surface area contributed by atoms with Crippen LogP contribution in [0.1, 0.15) is 11.1 Å². The number of aryl methyl sites for hydroxylation is 1. The Balaban J connectivity index is 2.84. The molecule has 0 aromatic heterocycles. The van der Waals surface area contributed by atoms with Crippen LogP contribution >= 0.6 is 12.2 Å². The third-order valence-corrected chi connectivity index (χ3v) is 1.50. The summed E-state index contributed by atoms with van der Waals surface area (Å²) in [6.45, 7) is 2.08. The summed E-state index contributed by atoms with van der Waals surface area (Å²) < 4.78 is 0. The predicted molar refractivity (Wildman–Crippen MR) is 47.5 cm³/mol. The molecule has 0 spiro atoms. The quantitative estimate of drug-likeness (QED) is 0.582. The number of thiocarbonyl (C=S) groups is 1. The number of hydrogen-bond acceptors (Lipinski definition) is 1. The van der Waals surface area contributed by atoms with Crippen molar-refractivity contribution in [3.63, 3.8) is 0 Å². The van der Waals surface area contributed by atoms with Crippen molar-refractivity contribution in [2.75, 3.05) is 0 Å². The average Bonchev–Trinajstić information content (AvgIpc) is 1.88. The topological polar surface area (TPSA) is 0 Å². The molecule has 0 atom stereocenters. The van der Waals surface area contributed by atoms with Crippen molar-refractivity contribution in [1.82, 2.24) is 0 Å². The molecule has 0 amide bonds. The monoisotopic (exact) mass is 149 g/mol. The summed E-state index contributed by atoms with van der Waals surface area (Å²) in [5.74, 6) is 0. The predicted octanol–water partition coefficient (Wildman–Crippen LogP) is 2.41. The zero-order chi connectivity index (χ0) is 7.40. The molecule has 1 aromatic rings. The molecule has 0 unspecified atom stereocenters. The zero-order valence-corrected chi connectivity index (χ0v) is 6.74. The third kappa shape index (κ3) is 1.92. The molecular weight excluding hydrogens is 140 g/mol. The molecule has 51 valence electrons. The maximum absolute atomic E-state index is 4.63. The van der Waals surface area contributed by atoms with Gasteiger partial charge in [-0.25, -0.2) is 0 Å². The van der Waals surface area contributed by atoms with Crippen LogP contribution in [0.3, 0.4) is 0 Å². The highest BCUT2D eigenvalue weighted by molar-refractivity contribution is 7.78. The molecule has 0 heterocycles. The fraction of sp³-hybridized carbons (Fsp3) is 0.222. The van der Waals surface area contributed by atoms with Crippen molar-refractivity contribution in [1.29, 1.82) is 0 Å². The Hall–Kier alpha value is -0.690. The van der Waals surface area contributed by atoms with Crippen LogP contribution in [-0.2, 0) is 6.42 Å². The van der Waals surface area contributed by atoms with Crippen molar-refractivity contribution < 1.29 is 0 Å². The lowest BCUT2D eigenvalue weighted by Gasteiger charge is -1.95. The Labute approximate surface area is 66.9 Å². The molecule has 0 bridgehead atoms. The van der Waals surface area contributed by atoms with Gasteiger partial charge in [0.05, 0.1) is 0 Å². The number of rotatable bonds is 2. The summed E-state index contributed by atoms with van der Waals surface area (Å²) in [6.07, 6.45) is 0.775. The molecule has 0 nitrogen and oxygen atoms in total. The Morgan fingerprint density at radius 1 is 1.50 bits per heavy atom. The van der Waals surface area contributed by atoms with E-state index in [0.29, 0.717) is 0 Å². The first kappa shape index (κ1) is 7.42. The second kappa shape index (κ2) is 3.47. The van der Waals surface area contributed by atoms with E-state index in [2.05, 4.69) is 42.7 Å². The van der Waals surface area contributed by atoms with Crippen LogP contribution in [-0.4, -0.2) is 5.37 Å². The van der Waals surface area contributed by atoms with Gasteiger partial charge in [0.2, 0.25) is 0 Å². The Bertz CT molecular complexity index is 228. The van der Waals surface area contributed by atoms with E-state index in [0.717, 1.165) is 6.42 Å². The van der Waals surface area contributed by atoms with Crippen LogP contribution in [0.2, 0.25) is 0 Å². The minimum Gasteiger partial charge on any atom is -0.0833 e. The molecule has 0 saturated heterocycles. The van der Waals surface area contributed by atoms with Crippen LogP contribution in [0.25, 0.3) is 0 Å². The van der Waals surface area contributed by atoms with Gasteiger partial charge < -0.3 is 0 Å². The molecule has 1 radical (unpaired) electrons. The molecule has 0 saturated carbocycles. The fourth-order valence-electron chi connectivity index (χ4n) is 0.905. The van der Waals surface area contributed by atoms with Crippen molar-refractivity contribution in [2.24, 2.45) is 0 Å². The minimum atomic E-state index is 0.775. The first-order valence-electron chi connectivity index (χ1n) is 3.23. The van der Waals surface area contributed by atoms with Crippen LogP contribution in [0.4, 0.5) is 0 Å². The zero-order valence-electron chi connectivity index (χ0n) is 5.92. The van der Waals surface area contributed by atoms with Crippen LogP contribution < -0.4 is 0 Å². The molecule has 0 N–H and O–H groups in total. The first-order valence-corrected chi connectivity index (χ1v) is 3.64. The number of hydrogen-bond donors (Lipinski definition) is 0. The smallest absolute Gasteiger partial charge is 0.0338 e. The maximum atomic E-state index is 4.63. The highest BCUT2D eigenvalue weighted by atomic mass is 32.1. The van der Waals surface area contributed by atoms with Crippen molar-refractivity contribution >= 4 is 17.6 Å². The van der Waals surface area contributed by atoms with E-state index >= 15 is 0 Å². The second-order valence-electron chi connectivity index (χ2n) is 2.31. The summed E-state index contributed by atoms with van der Waals surface area (Å²) >= 11 is 4.63. The van der Waals surface area contributed by atoms with Crippen LogP contribution in [0, 0.1) is 6.92 Å². The lowest BCUT2D eigenvalue weighted by Crippen LogP contribution is -1.83. The van der Waals surface area contributed by atoms with Gasteiger partial charge in [0.25, 0.3) is 0 Å². The van der Waals surface area contributed by atoms with Gasteiger partial charge >= 0.3 is 0 Å². The standard InChI is InChI=1S/C9H9S/c1-8-3-2-4-9(7-8)5-6-10/h2-4,7H,5H2,1H3. The largest absolute Gasteiger partial charge is 0.0833 e. The molecule has 0 aliphatic carbocycles. The Morgan fingerprint density at radius 2 is 2.30 bits per heavy atom. The van der Waals surface area contributed by atoms with E-state index < -0.39 is 0 Å². The highest BCUT2D eigenvalue weighted by Crippen LogP contribution is 2.02. The highest BCUT2D eigenvalue weighted by Gasteiger charge is 1.88. The molecule has 0 aliphatic heterocycles. The average molecular weight is 149 g/mol. The molecular formula is C9H9S. The van der Waals surface area contributed by atoms with E-state index in [1.54, 1.807) is 0 Å². The van der Waals surface area contributed by atoms with Crippen molar-refractivity contribution in [3.8, 4) is 0 Å². The van der Waals surface area contributed by atoms with Crippen molar-refractivity contribution in [3.05, 3.63) is 35.4 Å². The third-order valence-electron chi connectivity index (χ3n) is 1.36. The van der Waals surface area contributed by atoms with Gasteiger partial charge in [-0.2, -0.15) is 0 Å². The van der Waals surface area contributed by atoms with Gasteiger partial charge in [0.15, 0.2) is 0 Å². The van der Waals surface area contributed by atoms with Gasteiger partial charge in [-0.1, -0.05) is 42.0 Å². The minimum absolute atomic E-state index is 0.775. The molecule has 0 aliphatic rings. The fourth-order valence-corrected chi connectivity index (χ4v) is 1.07. The molecule has 1 heteroatoms. The number of benzene rings is 1. The second-order valence-corrected chi connectivity index (χ2v) is 2.60. The van der Waals surface area contributed by atoms with E-state index in [9.17, 15) is 0 Å². The molecule has 1 aromatic carbocycles. The van der Waals surface area contributed by atoms with E-state index in [4.69, 9.17) is 0 Å². The summed E-state index contributed by atoms with van der Waals surface area (Å²) in [4.78, 5) is 0. The van der Waals surface area contributed by atoms with Gasteiger partial charge in [0, 0.05) is 11.8 Å². The molecule has 0 fully saturated rings. The van der Waals surface area contributed by atoms with Gasteiger partial charge in [-0.15, -0.1) is 0 Å². The van der Waals surface area contributed by atoms with E-state index in [-0.39, 0.29) is 0 Å². The van der Waals surface area contributed by atoms with Gasteiger partial charge in [-0.05, 0) is 12.5 Å². The summed E-state index contributed by atoms with van der Waals surface area (Å²) in [5.41, 5.74) is 2.53. The summed E-state index contributed by atoms with van der Waals surface area (Å²) in [6, 6.07) is 8.30. The van der Waals surface area contributed by atoms with Crippen LogP contribution in [0.5, 0.6) is 0 Å². The Kier molecular flexibility index (Phi) is 2.57. The lowest BCUT2D eigenvalue weighted by molar-refractivity contribution is 1.33. The normalized spacial score (nSPS) is 9.30. The van der Waals surface area contributed by atoms with Gasteiger partial charge in [0.1, 0.15) is 0 Å². The van der Waals surface area contributed by atoms with Gasteiger partial charge in [-0.3, -0.25) is 0 Å². The summed E-state index contributed by atoms with van der Waals surface area (Å²) in [7, 11) is 0. The maximum Gasteiger partial charge on any atom is 0.0338 e. The molecule has 1 rings (SSSR count).